The average Bonchev–Trinajstić information content (AvgIpc) is 2.75. The van der Waals surface area contributed by atoms with Gasteiger partial charge in [-0.1, -0.05) is 24.2 Å². The minimum atomic E-state index is 0.565. The fourth-order valence-corrected chi connectivity index (χ4v) is 3.29. The Balaban J connectivity index is 1.90. The molecule has 1 aliphatic carbocycles. The third kappa shape index (κ3) is 2.48. The Morgan fingerprint density at radius 3 is 2.86 bits per heavy atom. The summed E-state index contributed by atoms with van der Waals surface area (Å²) in [6.07, 6.45) is 7.41. The van der Waals surface area contributed by atoms with Gasteiger partial charge in [-0.2, -0.15) is 0 Å². The summed E-state index contributed by atoms with van der Waals surface area (Å²) in [4.78, 5) is 4.29. The summed E-state index contributed by atoms with van der Waals surface area (Å²) in [6.45, 7) is 2.27. The Morgan fingerprint density at radius 1 is 1.57 bits per heavy atom. The highest BCUT2D eigenvalue weighted by molar-refractivity contribution is 9.11. The van der Waals surface area contributed by atoms with Gasteiger partial charge in [-0.25, -0.2) is 4.98 Å². The van der Waals surface area contributed by atoms with Crippen molar-refractivity contribution >= 4 is 32.4 Å². The van der Waals surface area contributed by atoms with E-state index in [0.29, 0.717) is 6.04 Å². The van der Waals surface area contributed by atoms with Crippen molar-refractivity contribution in [2.45, 2.75) is 38.6 Å². The van der Waals surface area contributed by atoms with Crippen molar-refractivity contribution in [2.75, 3.05) is 5.32 Å². The van der Waals surface area contributed by atoms with Crippen LogP contribution in [0.2, 0.25) is 0 Å². The quantitative estimate of drug-likeness (QED) is 0.905. The lowest BCUT2D eigenvalue weighted by Crippen LogP contribution is -2.23. The van der Waals surface area contributed by atoms with E-state index in [1.54, 1.807) is 11.3 Å². The molecule has 1 unspecified atom stereocenters. The topological polar surface area (TPSA) is 24.9 Å². The molecule has 1 aliphatic rings. The van der Waals surface area contributed by atoms with Gasteiger partial charge in [-0.05, 0) is 41.6 Å². The Bertz CT molecular complexity index is 294. The fourth-order valence-electron chi connectivity index (χ4n) is 2.09. The van der Waals surface area contributed by atoms with Crippen molar-refractivity contribution in [3.05, 3.63) is 9.98 Å². The van der Waals surface area contributed by atoms with E-state index >= 15 is 0 Å². The summed E-state index contributed by atoms with van der Waals surface area (Å²) in [5.74, 6) is 0.845. The zero-order valence-corrected chi connectivity index (χ0v) is 10.7. The van der Waals surface area contributed by atoms with E-state index in [4.69, 9.17) is 0 Å². The molecular weight excluding hydrogens is 260 g/mol. The Kier molecular flexibility index (Phi) is 3.44. The van der Waals surface area contributed by atoms with E-state index in [9.17, 15) is 0 Å². The maximum Gasteiger partial charge on any atom is 0.183 e. The van der Waals surface area contributed by atoms with Gasteiger partial charge in [0.15, 0.2) is 5.13 Å². The molecule has 78 valence electrons. The standard InChI is InChI=1S/C10H15BrN2S/c1-7(8-4-2-3-5-8)13-10-12-6-9(11)14-10/h6-8H,2-5H2,1H3,(H,12,13). The predicted molar refractivity (Wildman–Crippen MR) is 64.9 cm³/mol. The summed E-state index contributed by atoms with van der Waals surface area (Å²) in [5, 5.41) is 4.52. The molecule has 0 radical (unpaired) electrons. The van der Waals surface area contributed by atoms with Crippen molar-refractivity contribution in [3.63, 3.8) is 0 Å². The predicted octanol–water partition coefficient (Wildman–Crippen LogP) is 3.90. The molecule has 0 saturated heterocycles. The summed E-state index contributed by atoms with van der Waals surface area (Å²) < 4.78 is 1.10. The molecule has 1 aromatic heterocycles. The highest BCUT2D eigenvalue weighted by Gasteiger charge is 2.21. The van der Waals surface area contributed by atoms with E-state index in [-0.39, 0.29) is 0 Å². The lowest BCUT2D eigenvalue weighted by molar-refractivity contribution is 0.482. The van der Waals surface area contributed by atoms with E-state index < -0.39 is 0 Å². The highest BCUT2D eigenvalue weighted by Crippen LogP contribution is 2.30. The van der Waals surface area contributed by atoms with Gasteiger partial charge in [-0.15, -0.1) is 0 Å². The molecule has 0 spiro atoms. The van der Waals surface area contributed by atoms with Crippen molar-refractivity contribution in [3.8, 4) is 0 Å². The molecule has 1 heterocycles. The summed E-state index contributed by atoms with van der Waals surface area (Å²) in [6, 6.07) is 0.565. The zero-order valence-electron chi connectivity index (χ0n) is 8.29. The lowest BCUT2D eigenvalue weighted by Gasteiger charge is -2.19. The second-order valence-corrected chi connectivity index (χ2v) is 6.36. The SMILES string of the molecule is CC(Nc1ncc(Br)s1)C1CCCC1. The smallest absolute Gasteiger partial charge is 0.183 e. The summed E-state index contributed by atoms with van der Waals surface area (Å²) in [7, 11) is 0. The molecule has 1 fully saturated rings. The first-order valence-corrected chi connectivity index (χ1v) is 6.74. The molecule has 1 saturated carbocycles. The molecule has 0 aliphatic heterocycles. The van der Waals surface area contributed by atoms with Crippen LogP contribution in [0.5, 0.6) is 0 Å². The number of hydrogen-bond acceptors (Lipinski definition) is 3. The Hall–Kier alpha value is -0.0900. The van der Waals surface area contributed by atoms with E-state index in [0.717, 1.165) is 14.8 Å². The van der Waals surface area contributed by atoms with Crippen LogP contribution >= 0.6 is 27.3 Å². The van der Waals surface area contributed by atoms with Crippen LogP contribution in [0.15, 0.2) is 9.98 Å². The van der Waals surface area contributed by atoms with Crippen molar-refractivity contribution in [1.82, 2.24) is 4.98 Å². The number of nitrogens with one attached hydrogen (secondary N) is 1. The van der Waals surface area contributed by atoms with Crippen LogP contribution in [0.1, 0.15) is 32.6 Å². The van der Waals surface area contributed by atoms with E-state index in [1.165, 1.54) is 25.7 Å². The van der Waals surface area contributed by atoms with E-state index in [1.807, 2.05) is 6.20 Å². The van der Waals surface area contributed by atoms with Gasteiger partial charge in [0.05, 0.1) is 9.98 Å². The number of rotatable bonds is 3. The minimum absolute atomic E-state index is 0.565. The number of aromatic nitrogens is 1. The third-order valence-electron chi connectivity index (χ3n) is 2.94. The first-order chi connectivity index (χ1) is 6.75. The zero-order chi connectivity index (χ0) is 9.97. The molecule has 2 nitrogen and oxygen atoms in total. The molecule has 2 rings (SSSR count). The van der Waals surface area contributed by atoms with E-state index in [2.05, 4.69) is 33.2 Å². The molecule has 1 aromatic rings. The van der Waals surface area contributed by atoms with Crippen molar-refractivity contribution in [2.24, 2.45) is 5.92 Å². The molecule has 14 heavy (non-hydrogen) atoms. The van der Waals surface area contributed by atoms with Crippen LogP contribution in [0, 0.1) is 5.92 Å². The summed E-state index contributed by atoms with van der Waals surface area (Å²) in [5.41, 5.74) is 0. The van der Waals surface area contributed by atoms with Crippen molar-refractivity contribution in [1.29, 1.82) is 0 Å². The Labute approximate surface area is 97.3 Å². The lowest BCUT2D eigenvalue weighted by atomic mass is 10.0. The van der Waals surface area contributed by atoms with Gasteiger partial charge in [-0.3, -0.25) is 0 Å². The minimum Gasteiger partial charge on any atom is -0.359 e. The average molecular weight is 275 g/mol. The molecule has 4 heteroatoms. The van der Waals surface area contributed by atoms with Crippen LogP contribution in [-0.2, 0) is 0 Å². The maximum atomic E-state index is 4.29. The first kappa shape index (κ1) is 10.4. The highest BCUT2D eigenvalue weighted by atomic mass is 79.9. The molecule has 1 atom stereocenters. The number of nitrogens with zero attached hydrogens (tertiary/aromatic N) is 1. The number of anilines is 1. The van der Waals surface area contributed by atoms with Gasteiger partial charge in [0.25, 0.3) is 0 Å². The monoisotopic (exact) mass is 274 g/mol. The summed E-state index contributed by atoms with van der Waals surface area (Å²) >= 11 is 5.09. The molecule has 0 bridgehead atoms. The number of hydrogen-bond donors (Lipinski definition) is 1. The van der Waals surface area contributed by atoms with Gasteiger partial charge < -0.3 is 5.32 Å². The molecule has 0 aromatic carbocycles. The molecule has 1 N–H and O–H groups in total. The van der Waals surface area contributed by atoms with Crippen LogP contribution in [0.4, 0.5) is 5.13 Å². The maximum absolute atomic E-state index is 4.29. The van der Waals surface area contributed by atoms with Crippen molar-refractivity contribution < 1.29 is 0 Å². The van der Waals surface area contributed by atoms with Gasteiger partial charge in [0.1, 0.15) is 0 Å². The van der Waals surface area contributed by atoms with Gasteiger partial charge in [0, 0.05) is 6.04 Å². The first-order valence-electron chi connectivity index (χ1n) is 5.13. The van der Waals surface area contributed by atoms with Crippen LogP contribution < -0.4 is 5.32 Å². The van der Waals surface area contributed by atoms with Gasteiger partial charge >= 0.3 is 0 Å². The number of thiazole rings is 1. The number of halogens is 1. The van der Waals surface area contributed by atoms with Gasteiger partial charge in [0.2, 0.25) is 0 Å². The fraction of sp³-hybridized carbons (Fsp3) is 0.700. The van der Waals surface area contributed by atoms with Crippen LogP contribution in [-0.4, -0.2) is 11.0 Å². The second-order valence-electron chi connectivity index (χ2n) is 3.95. The largest absolute Gasteiger partial charge is 0.359 e. The molecule has 0 amide bonds. The normalized spacial score (nSPS) is 19.9. The third-order valence-corrected chi connectivity index (χ3v) is 4.34. The van der Waals surface area contributed by atoms with Crippen LogP contribution in [0.3, 0.4) is 0 Å². The van der Waals surface area contributed by atoms with Crippen LogP contribution in [0.25, 0.3) is 0 Å². The second kappa shape index (κ2) is 4.62. The molecular formula is C10H15BrN2S. The Morgan fingerprint density at radius 2 is 2.29 bits per heavy atom.